The summed E-state index contributed by atoms with van der Waals surface area (Å²) in [5.41, 5.74) is 1.15. The first-order chi connectivity index (χ1) is 13.5. The van der Waals surface area contributed by atoms with Gasteiger partial charge < -0.3 is 20.1 Å². The third-order valence-electron chi connectivity index (χ3n) is 4.58. The summed E-state index contributed by atoms with van der Waals surface area (Å²) >= 11 is 0. The van der Waals surface area contributed by atoms with Gasteiger partial charge in [-0.05, 0) is 23.8 Å². The molecule has 7 heteroatoms. The fourth-order valence-electron chi connectivity index (χ4n) is 3.09. The molecule has 1 aliphatic heterocycles. The summed E-state index contributed by atoms with van der Waals surface area (Å²) < 4.78 is 5.30. The number of carbonyl (C=O) groups is 3. The van der Waals surface area contributed by atoms with E-state index < -0.39 is 17.9 Å². The highest BCUT2D eigenvalue weighted by molar-refractivity contribution is 5.99. The van der Waals surface area contributed by atoms with Crippen LogP contribution >= 0.6 is 0 Å². The third-order valence-corrected chi connectivity index (χ3v) is 4.58. The summed E-state index contributed by atoms with van der Waals surface area (Å²) in [5.74, 6) is -1.76. The van der Waals surface area contributed by atoms with Gasteiger partial charge >= 0.3 is 5.97 Å². The maximum atomic E-state index is 13.0. The highest BCUT2D eigenvalue weighted by atomic mass is 16.5. The second-order valence-electron chi connectivity index (χ2n) is 6.54. The number of nitrogens with zero attached hydrogens (tertiary/aromatic N) is 1. The molecule has 0 bridgehead atoms. The molecular formula is C21H22N2O5. The maximum absolute atomic E-state index is 13.0. The van der Waals surface area contributed by atoms with Gasteiger partial charge in [-0.2, -0.15) is 0 Å². The Labute approximate surface area is 162 Å². The smallest absolute Gasteiger partial charge is 0.335 e. The Morgan fingerprint density at radius 2 is 1.68 bits per heavy atom. The molecule has 1 unspecified atom stereocenters. The highest BCUT2D eigenvalue weighted by Crippen LogP contribution is 2.11. The van der Waals surface area contributed by atoms with Crippen molar-refractivity contribution in [1.82, 2.24) is 10.2 Å². The van der Waals surface area contributed by atoms with E-state index in [9.17, 15) is 14.4 Å². The van der Waals surface area contributed by atoms with Crippen molar-refractivity contribution in [3.63, 3.8) is 0 Å². The molecular weight excluding hydrogens is 360 g/mol. The summed E-state index contributed by atoms with van der Waals surface area (Å²) in [4.78, 5) is 38.5. The fraction of sp³-hybridized carbons (Fsp3) is 0.286. The number of benzene rings is 2. The molecule has 1 aliphatic rings. The van der Waals surface area contributed by atoms with E-state index in [-0.39, 0.29) is 17.0 Å². The highest BCUT2D eigenvalue weighted by Gasteiger charge is 2.28. The van der Waals surface area contributed by atoms with E-state index in [1.54, 1.807) is 4.90 Å². The fourth-order valence-corrected chi connectivity index (χ4v) is 3.09. The average Bonchev–Trinajstić information content (AvgIpc) is 2.74. The molecule has 2 aromatic carbocycles. The molecule has 28 heavy (non-hydrogen) atoms. The van der Waals surface area contributed by atoms with Gasteiger partial charge in [0.05, 0.1) is 18.8 Å². The Hall–Kier alpha value is -3.19. The number of carbonyl (C=O) groups excluding carboxylic acids is 2. The first kappa shape index (κ1) is 19.6. The van der Waals surface area contributed by atoms with Gasteiger partial charge in [-0.3, -0.25) is 9.59 Å². The van der Waals surface area contributed by atoms with E-state index in [4.69, 9.17) is 9.84 Å². The zero-order chi connectivity index (χ0) is 19.9. The van der Waals surface area contributed by atoms with Gasteiger partial charge in [-0.15, -0.1) is 0 Å². The van der Waals surface area contributed by atoms with Crippen LogP contribution in [0.5, 0.6) is 0 Å². The summed E-state index contributed by atoms with van der Waals surface area (Å²) in [7, 11) is 0. The Kier molecular flexibility index (Phi) is 6.39. The van der Waals surface area contributed by atoms with Crippen molar-refractivity contribution < 1.29 is 24.2 Å². The predicted molar refractivity (Wildman–Crippen MR) is 102 cm³/mol. The molecule has 2 N–H and O–H groups in total. The van der Waals surface area contributed by atoms with Crippen molar-refractivity contribution in [1.29, 1.82) is 0 Å². The minimum Gasteiger partial charge on any atom is -0.478 e. The van der Waals surface area contributed by atoms with Crippen LogP contribution in [0.4, 0.5) is 0 Å². The number of aromatic carboxylic acids is 1. The molecule has 0 aromatic heterocycles. The van der Waals surface area contributed by atoms with E-state index in [1.165, 1.54) is 24.3 Å². The van der Waals surface area contributed by atoms with Crippen molar-refractivity contribution in [2.75, 3.05) is 26.3 Å². The predicted octanol–water partition coefficient (Wildman–Crippen LogP) is 1.58. The van der Waals surface area contributed by atoms with Crippen LogP contribution in [0, 0.1) is 0 Å². The Morgan fingerprint density at radius 1 is 1.00 bits per heavy atom. The van der Waals surface area contributed by atoms with E-state index >= 15 is 0 Å². The number of carboxylic acids is 1. The lowest BCUT2D eigenvalue weighted by atomic mass is 10.0. The molecule has 146 valence electrons. The second kappa shape index (κ2) is 9.14. The number of hydrogen-bond donors (Lipinski definition) is 2. The third kappa shape index (κ3) is 4.95. The number of morpholine rings is 1. The number of ether oxygens (including phenoxy) is 1. The molecule has 1 fully saturated rings. The standard InChI is InChI=1S/C21H22N2O5/c24-19(16-7-4-8-17(14-16)21(26)27)22-18(13-15-5-2-1-3-6-15)20(25)23-9-11-28-12-10-23/h1-8,14,18H,9-13H2,(H,22,24)(H,26,27). The minimum atomic E-state index is -1.11. The van der Waals surface area contributed by atoms with Crippen LogP contribution in [0.25, 0.3) is 0 Å². The van der Waals surface area contributed by atoms with Crippen molar-refractivity contribution in [2.45, 2.75) is 12.5 Å². The number of rotatable bonds is 6. The van der Waals surface area contributed by atoms with Crippen LogP contribution < -0.4 is 5.32 Å². The number of nitrogens with one attached hydrogen (secondary N) is 1. The lowest BCUT2D eigenvalue weighted by Gasteiger charge is -2.31. The van der Waals surface area contributed by atoms with Crippen LogP contribution in [0.3, 0.4) is 0 Å². The van der Waals surface area contributed by atoms with Crippen LogP contribution in [0.15, 0.2) is 54.6 Å². The minimum absolute atomic E-state index is 0.0202. The molecule has 1 atom stereocenters. The molecule has 2 aromatic rings. The van der Waals surface area contributed by atoms with E-state index in [2.05, 4.69) is 5.32 Å². The molecule has 7 nitrogen and oxygen atoms in total. The topological polar surface area (TPSA) is 95.9 Å². The van der Waals surface area contributed by atoms with Crippen molar-refractivity contribution >= 4 is 17.8 Å². The Balaban J connectivity index is 1.79. The molecule has 0 spiro atoms. The Morgan fingerprint density at radius 3 is 2.36 bits per heavy atom. The first-order valence-electron chi connectivity index (χ1n) is 9.09. The SMILES string of the molecule is O=C(O)c1cccc(C(=O)NC(Cc2ccccc2)C(=O)N2CCOCC2)c1. The second-order valence-corrected chi connectivity index (χ2v) is 6.54. The monoisotopic (exact) mass is 382 g/mol. The number of hydrogen-bond acceptors (Lipinski definition) is 4. The van der Waals surface area contributed by atoms with Crippen LogP contribution in [-0.2, 0) is 16.0 Å². The van der Waals surface area contributed by atoms with Crippen molar-refractivity contribution in [3.8, 4) is 0 Å². The van der Waals surface area contributed by atoms with Crippen LogP contribution in [0.2, 0.25) is 0 Å². The quantitative estimate of drug-likeness (QED) is 0.791. The number of amides is 2. The van der Waals surface area contributed by atoms with Crippen molar-refractivity contribution in [3.05, 3.63) is 71.3 Å². The average molecular weight is 382 g/mol. The summed E-state index contributed by atoms with van der Waals surface area (Å²) in [6.07, 6.45) is 0.349. The molecule has 0 saturated carbocycles. The summed E-state index contributed by atoms with van der Waals surface area (Å²) in [5, 5.41) is 11.9. The molecule has 0 aliphatic carbocycles. The van der Waals surface area contributed by atoms with Gasteiger partial charge in [0.1, 0.15) is 6.04 Å². The Bertz CT molecular complexity index is 847. The molecule has 2 amide bonds. The van der Waals surface area contributed by atoms with E-state index in [0.717, 1.165) is 5.56 Å². The largest absolute Gasteiger partial charge is 0.478 e. The summed E-state index contributed by atoms with van der Waals surface area (Å²) in [6.45, 7) is 1.90. The van der Waals surface area contributed by atoms with Gasteiger partial charge in [0.2, 0.25) is 5.91 Å². The van der Waals surface area contributed by atoms with Crippen molar-refractivity contribution in [2.24, 2.45) is 0 Å². The molecule has 3 rings (SSSR count). The molecule has 1 saturated heterocycles. The van der Waals surface area contributed by atoms with Gasteiger partial charge in [0.15, 0.2) is 0 Å². The summed E-state index contributed by atoms with van der Waals surface area (Å²) in [6, 6.07) is 14.5. The zero-order valence-corrected chi connectivity index (χ0v) is 15.3. The van der Waals surface area contributed by atoms with E-state index in [0.29, 0.717) is 32.7 Å². The van der Waals surface area contributed by atoms with Crippen LogP contribution in [0.1, 0.15) is 26.3 Å². The first-order valence-corrected chi connectivity index (χ1v) is 9.09. The van der Waals surface area contributed by atoms with Gasteiger partial charge in [-0.25, -0.2) is 4.79 Å². The molecule has 0 radical (unpaired) electrons. The number of carboxylic acid groups (broad SMARTS) is 1. The van der Waals surface area contributed by atoms with E-state index in [1.807, 2.05) is 30.3 Å². The van der Waals surface area contributed by atoms with Crippen LogP contribution in [-0.4, -0.2) is 60.1 Å². The molecule has 1 heterocycles. The van der Waals surface area contributed by atoms with Gasteiger partial charge in [0, 0.05) is 25.1 Å². The normalized spacial score (nSPS) is 14.9. The van der Waals surface area contributed by atoms with Gasteiger partial charge in [-0.1, -0.05) is 36.4 Å². The zero-order valence-electron chi connectivity index (χ0n) is 15.3. The lowest BCUT2D eigenvalue weighted by molar-refractivity contribution is -0.137. The lowest BCUT2D eigenvalue weighted by Crippen LogP contribution is -2.52. The van der Waals surface area contributed by atoms with Gasteiger partial charge in [0.25, 0.3) is 5.91 Å². The maximum Gasteiger partial charge on any atom is 0.335 e.